The monoisotopic (exact) mass is 228 g/mol. The maximum atomic E-state index is 5.67. The second kappa shape index (κ2) is 5.94. The second-order valence-electron chi connectivity index (χ2n) is 3.68. The second-order valence-corrected chi connectivity index (χ2v) is 3.68. The van der Waals surface area contributed by atoms with Crippen LogP contribution in [0.1, 0.15) is 12.5 Å². The topological polar surface area (TPSA) is 18.5 Å². The third-order valence-corrected chi connectivity index (χ3v) is 2.36. The molecule has 0 bridgehead atoms. The third-order valence-electron chi connectivity index (χ3n) is 2.36. The van der Waals surface area contributed by atoms with Crippen molar-refractivity contribution in [1.82, 2.24) is 0 Å². The molecule has 0 heterocycles. The summed E-state index contributed by atoms with van der Waals surface area (Å²) in [6, 6.07) is 17.8. The Bertz CT molecular complexity index is 451. The van der Waals surface area contributed by atoms with Gasteiger partial charge in [0.1, 0.15) is 18.1 Å². The van der Waals surface area contributed by atoms with E-state index in [1.807, 2.05) is 61.5 Å². The highest BCUT2D eigenvalue weighted by molar-refractivity contribution is 5.29. The molecule has 0 aliphatic heterocycles. The summed E-state index contributed by atoms with van der Waals surface area (Å²) in [7, 11) is 0. The van der Waals surface area contributed by atoms with Crippen molar-refractivity contribution >= 4 is 0 Å². The Balaban J connectivity index is 1.97. The van der Waals surface area contributed by atoms with Crippen LogP contribution in [0.15, 0.2) is 54.6 Å². The molecule has 2 heteroatoms. The van der Waals surface area contributed by atoms with Crippen LogP contribution < -0.4 is 9.47 Å². The largest absolute Gasteiger partial charge is 0.494 e. The van der Waals surface area contributed by atoms with Gasteiger partial charge in [-0.1, -0.05) is 30.3 Å². The highest BCUT2D eigenvalue weighted by atomic mass is 16.5. The van der Waals surface area contributed by atoms with Gasteiger partial charge in [0.25, 0.3) is 0 Å². The highest BCUT2D eigenvalue weighted by Gasteiger charge is 1.97. The Hall–Kier alpha value is -1.96. The van der Waals surface area contributed by atoms with Crippen molar-refractivity contribution in [3.05, 3.63) is 60.2 Å². The van der Waals surface area contributed by atoms with E-state index in [4.69, 9.17) is 9.47 Å². The molecule has 0 aromatic heterocycles. The highest BCUT2D eigenvalue weighted by Crippen LogP contribution is 2.16. The smallest absolute Gasteiger partial charge is 0.119 e. The van der Waals surface area contributed by atoms with E-state index < -0.39 is 0 Å². The quantitative estimate of drug-likeness (QED) is 0.777. The molecule has 0 radical (unpaired) electrons. The lowest BCUT2D eigenvalue weighted by Gasteiger charge is -2.08. The van der Waals surface area contributed by atoms with E-state index in [2.05, 4.69) is 0 Å². The molecule has 88 valence electrons. The Morgan fingerprint density at radius 1 is 0.824 bits per heavy atom. The van der Waals surface area contributed by atoms with Gasteiger partial charge < -0.3 is 9.47 Å². The van der Waals surface area contributed by atoms with Crippen molar-refractivity contribution in [2.75, 3.05) is 6.61 Å². The first kappa shape index (κ1) is 11.5. The number of hydrogen-bond acceptors (Lipinski definition) is 2. The average Bonchev–Trinajstić information content (AvgIpc) is 2.39. The van der Waals surface area contributed by atoms with Gasteiger partial charge >= 0.3 is 0 Å². The normalized spacial score (nSPS) is 9.94. The summed E-state index contributed by atoms with van der Waals surface area (Å²) in [6.45, 7) is 3.22. The summed E-state index contributed by atoms with van der Waals surface area (Å²) in [5, 5.41) is 0. The van der Waals surface area contributed by atoms with E-state index in [1.165, 1.54) is 0 Å². The maximum absolute atomic E-state index is 5.67. The van der Waals surface area contributed by atoms with Crippen LogP contribution in [0.5, 0.6) is 11.5 Å². The molecule has 0 unspecified atom stereocenters. The van der Waals surface area contributed by atoms with E-state index in [9.17, 15) is 0 Å². The predicted octanol–water partition coefficient (Wildman–Crippen LogP) is 3.66. The Labute approximate surface area is 102 Å². The lowest BCUT2D eigenvalue weighted by molar-refractivity contribution is 0.303. The Morgan fingerprint density at radius 2 is 1.59 bits per heavy atom. The number of hydrogen-bond donors (Lipinski definition) is 0. The van der Waals surface area contributed by atoms with Crippen LogP contribution in [0.25, 0.3) is 0 Å². The first-order valence-electron chi connectivity index (χ1n) is 5.78. The van der Waals surface area contributed by atoms with Gasteiger partial charge in [0.2, 0.25) is 0 Å². The lowest BCUT2D eigenvalue weighted by Crippen LogP contribution is -1.97. The van der Waals surface area contributed by atoms with Crippen molar-refractivity contribution in [1.29, 1.82) is 0 Å². The minimum Gasteiger partial charge on any atom is -0.494 e. The van der Waals surface area contributed by atoms with Crippen LogP contribution in [0.3, 0.4) is 0 Å². The zero-order valence-electron chi connectivity index (χ0n) is 9.93. The van der Waals surface area contributed by atoms with Crippen LogP contribution in [0.4, 0.5) is 0 Å². The van der Waals surface area contributed by atoms with E-state index in [1.54, 1.807) is 0 Å². The fraction of sp³-hybridized carbons (Fsp3) is 0.200. The molecule has 2 nitrogen and oxygen atoms in total. The van der Waals surface area contributed by atoms with E-state index in [-0.39, 0.29) is 0 Å². The molecule has 2 aromatic carbocycles. The molecule has 0 fully saturated rings. The molecule has 0 saturated carbocycles. The molecule has 0 aliphatic rings. The average molecular weight is 228 g/mol. The summed E-state index contributed by atoms with van der Waals surface area (Å²) < 4.78 is 11.1. The summed E-state index contributed by atoms with van der Waals surface area (Å²) in [6.07, 6.45) is 0. The van der Waals surface area contributed by atoms with E-state index >= 15 is 0 Å². The predicted molar refractivity (Wildman–Crippen MR) is 68.4 cm³/mol. The standard InChI is InChI=1S/C15H16O2/c1-2-16-15-10-6-7-13(11-15)12-17-14-8-4-3-5-9-14/h3-11H,2,12H2,1H3. The first-order valence-corrected chi connectivity index (χ1v) is 5.78. The fourth-order valence-electron chi connectivity index (χ4n) is 1.58. The molecule has 0 saturated heterocycles. The third kappa shape index (κ3) is 3.52. The molecule has 2 aromatic rings. The summed E-state index contributed by atoms with van der Waals surface area (Å²) in [5.41, 5.74) is 1.11. The van der Waals surface area contributed by atoms with Gasteiger partial charge in [-0.25, -0.2) is 0 Å². The number of rotatable bonds is 5. The van der Waals surface area contributed by atoms with Crippen molar-refractivity contribution in [3.8, 4) is 11.5 Å². The summed E-state index contributed by atoms with van der Waals surface area (Å²) >= 11 is 0. The van der Waals surface area contributed by atoms with Crippen LogP contribution in [-0.4, -0.2) is 6.61 Å². The van der Waals surface area contributed by atoms with Gasteiger partial charge in [-0.15, -0.1) is 0 Å². The van der Waals surface area contributed by atoms with Gasteiger partial charge in [0.15, 0.2) is 0 Å². The van der Waals surface area contributed by atoms with Gasteiger partial charge in [-0.2, -0.15) is 0 Å². The zero-order chi connectivity index (χ0) is 11.9. The van der Waals surface area contributed by atoms with Crippen molar-refractivity contribution in [3.63, 3.8) is 0 Å². The van der Waals surface area contributed by atoms with Crippen LogP contribution in [-0.2, 0) is 6.61 Å². The fourth-order valence-corrected chi connectivity index (χ4v) is 1.58. The maximum Gasteiger partial charge on any atom is 0.119 e. The van der Waals surface area contributed by atoms with E-state index in [0.717, 1.165) is 17.1 Å². The van der Waals surface area contributed by atoms with Crippen LogP contribution >= 0.6 is 0 Å². The van der Waals surface area contributed by atoms with Crippen molar-refractivity contribution in [2.24, 2.45) is 0 Å². The zero-order valence-corrected chi connectivity index (χ0v) is 9.93. The minimum absolute atomic E-state index is 0.560. The Kier molecular flexibility index (Phi) is 4.03. The molecule has 0 spiro atoms. The molecule has 0 amide bonds. The molecule has 2 rings (SSSR count). The summed E-state index contributed by atoms with van der Waals surface area (Å²) in [5.74, 6) is 1.77. The van der Waals surface area contributed by atoms with Gasteiger partial charge in [-0.05, 0) is 36.8 Å². The molecule has 0 atom stereocenters. The number of ether oxygens (including phenoxy) is 2. The molecule has 0 aliphatic carbocycles. The van der Waals surface area contributed by atoms with Gasteiger partial charge in [-0.3, -0.25) is 0 Å². The van der Waals surface area contributed by atoms with Gasteiger partial charge in [0.05, 0.1) is 6.61 Å². The van der Waals surface area contributed by atoms with E-state index in [0.29, 0.717) is 13.2 Å². The molecule has 0 N–H and O–H groups in total. The molecular formula is C15H16O2. The minimum atomic E-state index is 0.560. The molecule has 17 heavy (non-hydrogen) atoms. The first-order chi connectivity index (χ1) is 8.38. The lowest BCUT2D eigenvalue weighted by atomic mass is 10.2. The van der Waals surface area contributed by atoms with Crippen LogP contribution in [0.2, 0.25) is 0 Å². The van der Waals surface area contributed by atoms with Crippen molar-refractivity contribution < 1.29 is 9.47 Å². The summed E-state index contributed by atoms with van der Waals surface area (Å²) in [4.78, 5) is 0. The van der Waals surface area contributed by atoms with Crippen molar-refractivity contribution in [2.45, 2.75) is 13.5 Å². The molecular weight excluding hydrogens is 212 g/mol. The number of benzene rings is 2. The van der Waals surface area contributed by atoms with Crippen LogP contribution in [0, 0.1) is 0 Å². The van der Waals surface area contributed by atoms with Gasteiger partial charge in [0, 0.05) is 0 Å². The Morgan fingerprint density at radius 3 is 2.35 bits per heavy atom. The SMILES string of the molecule is CCOc1cccc(COc2ccccc2)c1. The number of para-hydroxylation sites is 1.